The number of carboxylic acids is 1. The molecule has 1 unspecified atom stereocenters. The van der Waals surface area contributed by atoms with Gasteiger partial charge in [-0.2, -0.15) is 11.3 Å². The van der Waals surface area contributed by atoms with Gasteiger partial charge >= 0.3 is 5.97 Å². The Bertz CT molecular complexity index is 716. The second kappa shape index (κ2) is 9.79. The van der Waals surface area contributed by atoms with E-state index >= 15 is 0 Å². The predicted molar refractivity (Wildman–Crippen MR) is 117 cm³/mol. The third kappa shape index (κ3) is 6.58. The molecule has 5 heteroatoms. The molecular weight excluding hydrogens is 356 g/mol. The summed E-state index contributed by atoms with van der Waals surface area (Å²) in [5.74, 6) is 0.329. The summed E-state index contributed by atoms with van der Waals surface area (Å²) in [6, 6.07) is 8.41. The first kappa shape index (κ1) is 21.3. The first-order valence-corrected chi connectivity index (χ1v) is 10.6. The van der Waals surface area contributed by atoms with E-state index < -0.39 is 5.97 Å². The molecule has 148 valence electrons. The Hall–Kier alpha value is -2.01. The van der Waals surface area contributed by atoms with Gasteiger partial charge in [0.2, 0.25) is 0 Å². The molecule has 0 aliphatic rings. The second-order valence-corrected chi connectivity index (χ2v) is 8.89. The molecule has 0 aliphatic heterocycles. The second-order valence-electron chi connectivity index (χ2n) is 8.11. The summed E-state index contributed by atoms with van der Waals surface area (Å²) >= 11 is 1.66. The van der Waals surface area contributed by atoms with Crippen LogP contribution in [-0.4, -0.2) is 24.2 Å². The van der Waals surface area contributed by atoms with Gasteiger partial charge < -0.3 is 15.3 Å². The number of nitrogens with zero attached hydrogens (tertiary/aromatic N) is 1. The molecule has 27 heavy (non-hydrogen) atoms. The highest BCUT2D eigenvalue weighted by molar-refractivity contribution is 7.08. The van der Waals surface area contributed by atoms with Crippen LogP contribution in [0.4, 0.5) is 17.1 Å². The van der Waals surface area contributed by atoms with Crippen LogP contribution in [0.2, 0.25) is 0 Å². The molecular formula is C22H32N2O2S. The number of carboxylic acid groups (broad SMARTS) is 1. The molecule has 1 atom stereocenters. The largest absolute Gasteiger partial charge is 0.481 e. The molecule has 0 bridgehead atoms. The lowest BCUT2D eigenvalue weighted by Gasteiger charge is -2.31. The van der Waals surface area contributed by atoms with Crippen LogP contribution in [0.1, 0.15) is 52.5 Å². The first-order valence-electron chi connectivity index (χ1n) is 9.66. The molecule has 0 saturated carbocycles. The van der Waals surface area contributed by atoms with E-state index in [9.17, 15) is 4.79 Å². The van der Waals surface area contributed by atoms with E-state index in [-0.39, 0.29) is 12.3 Å². The monoisotopic (exact) mass is 388 g/mol. The number of hydrogen-bond acceptors (Lipinski definition) is 4. The van der Waals surface area contributed by atoms with Crippen LogP contribution in [0.25, 0.3) is 0 Å². The van der Waals surface area contributed by atoms with Gasteiger partial charge in [0.25, 0.3) is 0 Å². The van der Waals surface area contributed by atoms with Crippen molar-refractivity contribution in [1.29, 1.82) is 0 Å². The quantitative estimate of drug-likeness (QED) is 0.509. The molecule has 0 aliphatic carbocycles. The predicted octanol–water partition coefficient (Wildman–Crippen LogP) is 6.19. The van der Waals surface area contributed by atoms with Gasteiger partial charge in [0.05, 0.1) is 17.8 Å². The van der Waals surface area contributed by atoms with Crippen LogP contribution in [0.5, 0.6) is 0 Å². The van der Waals surface area contributed by atoms with Crippen molar-refractivity contribution < 1.29 is 9.90 Å². The lowest BCUT2D eigenvalue weighted by Crippen LogP contribution is -2.31. The van der Waals surface area contributed by atoms with Crippen LogP contribution in [-0.2, 0) is 4.79 Å². The standard InChI is InChI=1S/C22H32N2O2S/c1-15(2)12-24(13-16(3)4)21-7-6-18(17(5)10-22(25)26)11-20(21)23-19-8-9-27-14-19/h6-9,11,14-17,23H,10,12-13H2,1-5H3,(H,25,26). The van der Waals surface area contributed by atoms with E-state index in [4.69, 9.17) is 5.11 Å². The molecule has 1 aromatic carbocycles. The third-order valence-corrected chi connectivity index (χ3v) is 5.07. The molecule has 0 spiro atoms. The van der Waals surface area contributed by atoms with Gasteiger partial charge in [0.1, 0.15) is 0 Å². The fourth-order valence-corrected chi connectivity index (χ4v) is 3.85. The van der Waals surface area contributed by atoms with Crippen molar-refractivity contribution >= 4 is 34.4 Å². The highest BCUT2D eigenvalue weighted by Crippen LogP contribution is 2.34. The number of rotatable bonds is 10. The minimum atomic E-state index is -0.764. The number of carbonyl (C=O) groups is 1. The zero-order chi connectivity index (χ0) is 20.0. The minimum absolute atomic E-state index is 0.0248. The van der Waals surface area contributed by atoms with Crippen molar-refractivity contribution in [2.24, 2.45) is 11.8 Å². The van der Waals surface area contributed by atoms with Gasteiger partial charge in [-0.15, -0.1) is 0 Å². The Morgan fingerprint density at radius 3 is 2.30 bits per heavy atom. The molecule has 0 saturated heterocycles. The number of aliphatic carboxylic acids is 1. The zero-order valence-corrected chi connectivity index (χ0v) is 17.8. The van der Waals surface area contributed by atoms with Crippen molar-refractivity contribution in [2.75, 3.05) is 23.3 Å². The summed E-state index contributed by atoms with van der Waals surface area (Å²) in [5, 5.41) is 16.8. The van der Waals surface area contributed by atoms with Gasteiger partial charge in [-0.1, -0.05) is 40.7 Å². The fourth-order valence-electron chi connectivity index (χ4n) is 3.26. The van der Waals surface area contributed by atoms with Crippen molar-refractivity contribution in [3.63, 3.8) is 0 Å². The number of nitrogens with one attached hydrogen (secondary N) is 1. The van der Waals surface area contributed by atoms with Crippen molar-refractivity contribution in [3.8, 4) is 0 Å². The van der Waals surface area contributed by atoms with Crippen LogP contribution < -0.4 is 10.2 Å². The summed E-state index contributed by atoms with van der Waals surface area (Å²) < 4.78 is 0. The summed E-state index contributed by atoms with van der Waals surface area (Å²) in [6.45, 7) is 12.9. The van der Waals surface area contributed by atoms with E-state index in [2.05, 4.69) is 72.9 Å². The number of benzene rings is 1. The molecule has 1 heterocycles. The molecule has 4 nitrogen and oxygen atoms in total. The van der Waals surface area contributed by atoms with Crippen molar-refractivity contribution in [2.45, 2.75) is 47.0 Å². The van der Waals surface area contributed by atoms with E-state index in [1.165, 1.54) is 5.69 Å². The van der Waals surface area contributed by atoms with Gasteiger partial charge in [0.15, 0.2) is 0 Å². The maximum Gasteiger partial charge on any atom is 0.303 e. The van der Waals surface area contributed by atoms with Crippen LogP contribution in [0, 0.1) is 11.8 Å². The first-order chi connectivity index (χ1) is 12.8. The Balaban J connectivity index is 2.41. The summed E-state index contributed by atoms with van der Waals surface area (Å²) in [4.78, 5) is 13.6. The lowest BCUT2D eigenvalue weighted by atomic mass is 9.96. The Labute approximate surface area is 167 Å². The fraction of sp³-hybridized carbons (Fsp3) is 0.500. The van der Waals surface area contributed by atoms with Gasteiger partial charge in [-0.25, -0.2) is 0 Å². The summed E-state index contributed by atoms with van der Waals surface area (Å²) in [5.41, 5.74) is 4.34. The molecule has 2 rings (SSSR count). The average molecular weight is 389 g/mol. The molecule has 2 aromatic rings. The Morgan fingerprint density at radius 2 is 1.78 bits per heavy atom. The number of hydrogen-bond donors (Lipinski definition) is 2. The average Bonchev–Trinajstić information content (AvgIpc) is 3.05. The van der Waals surface area contributed by atoms with Crippen LogP contribution in [0.3, 0.4) is 0 Å². The van der Waals surface area contributed by atoms with Gasteiger partial charge in [0, 0.05) is 24.2 Å². The van der Waals surface area contributed by atoms with Crippen molar-refractivity contribution in [1.82, 2.24) is 0 Å². The van der Waals surface area contributed by atoms with Crippen LogP contribution in [0.15, 0.2) is 35.0 Å². The van der Waals surface area contributed by atoms with Gasteiger partial charge in [-0.05, 0) is 46.9 Å². The number of thiophene rings is 1. The molecule has 0 amide bonds. The van der Waals surface area contributed by atoms with E-state index in [1.54, 1.807) is 11.3 Å². The highest BCUT2D eigenvalue weighted by Gasteiger charge is 2.18. The molecule has 0 fully saturated rings. The van der Waals surface area contributed by atoms with E-state index in [0.29, 0.717) is 11.8 Å². The van der Waals surface area contributed by atoms with Gasteiger partial charge in [-0.3, -0.25) is 4.79 Å². The summed E-state index contributed by atoms with van der Waals surface area (Å²) in [6.07, 6.45) is 0.138. The summed E-state index contributed by atoms with van der Waals surface area (Å²) in [7, 11) is 0. The normalized spacial score (nSPS) is 12.4. The molecule has 1 aromatic heterocycles. The third-order valence-electron chi connectivity index (χ3n) is 4.38. The smallest absolute Gasteiger partial charge is 0.303 e. The number of anilines is 3. The highest BCUT2D eigenvalue weighted by atomic mass is 32.1. The Kier molecular flexibility index (Phi) is 7.72. The van der Waals surface area contributed by atoms with E-state index in [0.717, 1.165) is 30.0 Å². The van der Waals surface area contributed by atoms with Crippen molar-refractivity contribution in [3.05, 3.63) is 40.6 Å². The lowest BCUT2D eigenvalue weighted by molar-refractivity contribution is -0.137. The topological polar surface area (TPSA) is 52.6 Å². The Morgan fingerprint density at radius 1 is 1.11 bits per heavy atom. The maximum absolute atomic E-state index is 11.1. The van der Waals surface area contributed by atoms with E-state index in [1.807, 2.05) is 6.92 Å². The maximum atomic E-state index is 11.1. The SMILES string of the molecule is CC(C)CN(CC(C)C)c1ccc(C(C)CC(=O)O)cc1Nc1ccsc1. The molecule has 0 radical (unpaired) electrons. The minimum Gasteiger partial charge on any atom is -0.481 e. The van der Waals surface area contributed by atoms with Crippen LogP contribution >= 0.6 is 11.3 Å². The zero-order valence-electron chi connectivity index (χ0n) is 17.0. The molecule has 2 N–H and O–H groups in total.